The molecule has 1 unspecified atom stereocenters. The number of nitrogens with one attached hydrogen (secondary N) is 1. The van der Waals surface area contributed by atoms with Crippen LogP contribution in [-0.2, 0) is 4.79 Å². The largest absolute Gasteiger partial charge is 0.476 e. The van der Waals surface area contributed by atoms with Gasteiger partial charge in [-0.05, 0) is 24.3 Å². The number of carbonyl (C=O) groups excluding carboxylic acids is 1. The second-order valence-corrected chi connectivity index (χ2v) is 6.13. The van der Waals surface area contributed by atoms with E-state index in [1.807, 2.05) is 91.0 Å². The molecule has 1 amide bonds. The molecule has 27 heavy (non-hydrogen) atoms. The van der Waals surface area contributed by atoms with E-state index < -0.39 is 6.10 Å². The van der Waals surface area contributed by atoms with E-state index in [0.717, 1.165) is 16.5 Å². The number of carbonyl (C=O) groups is 1. The summed E-state index contributed by atoms with van der Waals surface area (Å²) >= 11 is 0. The van der Waals surface area contributed by atoms with Gasteiger partial charge in [-0.2, -0.15) is 0 Å². The molecule has 4 rings (SSSR count). The smallest absolute Gasteiger partial charge is 0.270 e. The number of fused-ring (bicyclic) bond motifs is 1. The van der Waals surface area contributed by atoms with Gasteiger partial charge in [0, 0.05) is 10.9 Å². The Balaban J connectivity index is 1.61. The van der Waals surface area contributed by atoms with Crippen LogP contribution < -0.4 is 10.1 Å². The first-order valence-electron chi connectivity index (χ1n) is 8.72. The third-order valence-corrected chi connectivity index (χ3v) is 4.20. The lowest BCUT2D eigenvalue weighted by Crippen LogP contribution is -2.25. The van der Waals surface area contributed by atoms with E-state index in [0.29, 0.717) is 11.4 Å². The molecule has 0 aliphatic carbocycles. The summed E-state index contributed by atoms with van der Waals surface area (Å²) < 4.78 is 5.99. The Morgan fingerprint density at radius 1 is 0.852 bits per heavy atom. The molecule has 0 fully saturated rings. The van der Waals surface area contributed by atoms with Crippen molar-refractivity contribution in [3.8, 4) is 5.75 Å². The zero-order chi connectivity index (χ0) is 18.5. The summed E-state index contributed by atoms with van der Waals surface area (Å²) in [7, 11) is 0. The lowest BCUT2D eigenvalue weighted by Gasteiger charge is -2.19. The van der Waals surface area contributed by atoms with E-state index in [1.165, 1.54) is 0 Å². The van der Waals surface area contributed by atoms with Crippen LogP contribution in [0, 0.1) is 0 Å². The number of ether oxygens (including phenoxy) is 1. The molecule has 1 heterocycles. The van der Waals surface area contributed by atoms with E-state index >= 15 is 0 Å². The van der Waals surface area contributed by atoms with Gasteiger partial charge in [0.1, 0.15) is 5.75 Å². The molecule has 0 spiro atoms. The number of aromatic nitrogens is 1. The summed E-state index contributed by atoms with van der Waals surface area (Å²) in [5.41, 5.74) is 2.31. The third kappa shape index (κ3) is 3.96. The lowest BCUT2D eigenvalue weighted by molar-refractivity contribution is -0.123. The summed E-state index contributed by atoms with van der Waals surface area (Å²) in [6, 6.07) is 28.5. The second-order valence-electron chi connectivity index (χ2n) is 6.13. The zero-order valence-corrected chi connectivity index (χ0v) is 14.6. The molecule has 3 aromatic carbocycles. The number of benzene rings is 3. The number of amides is 1. The van der Waals surface area contributed by atoms with Gasteiger partial charge in [-0.25, -0.2) is 0 Å². The van der Waals surface area contributed by atoms with Gasteiger partial charge in [0.25, 0.3) is 5.91 Å². The molecule has 0 aliphatic rings. The highest BCUT2D eigenvalue weighted by molar-refractivity contribution is 5.96. The zero-order valence-electron chi connectivity index (χ0n) is 14.6. The summed E-state index contributed by atoms with van der Waals surface area (Å²) in [6.45, 7) is 0. The molecular weight excluding hydrogens is 336 g/mol. The Morgan fingerprint density at radius 3 is 2.30 bits per heavy atom. The van der Waals surface area contributed by atoms with Crippen molar-refractivity contribution in [3.63, 3.8) is 0 Å². The molecule has 1 N–H and O–H groups in total. The third-order valence-electron chi connectivity index (χ3n) is 4.20. The van der Waals surface area contributed by atoms with Crippen LogP contribution in [0.3, 0.4) is 0 Å². The molecule has 0 saturated heterocycles. The number of hydrogen-bond donors (Lipinski definition) is 1. The molecule has 0 aliphatic heterocycles. The Bertz CT molecular complexity index is 1050. The quantitative estimate of drug-likeness (QED) is 0.549. The molecule has 0 bridgehead atoms. The van der Waals surface area contributed by atoms with E-state index in [9.17, 15) is 4.79 Å². The molecule has 4 heteroatoms. The minimum Gasteiger partial charge on any atom is -0.476 e. The van der Waals surface area contributed by atoms with Crippen LogP contribution >= 0.6 is 0 Å². The first kappa shape index (κ1) is 16.8. The number of rotatable bonds is 5. The molecule has 1 aromatic heterocycles. The molecule has 132 valence electrons. The van der Waals surface area contributed by atoms with Gasteiger partial charge in [-0.1, -0.05) is 66.7 Å². The van der Waals surface area contributed by atoms with E-state index in [2.05, 4.69) is 10.3 Å². The molecule has 0 radical (unpaired) electrons. The maximum Gasteiger partial charge on any atom is 0.270 e. The molecule has 0 saturated carbocycles. The van der Waals surface area contributed by atoms with Crippen molar-refractivity contribution in [1.29, 1.82) is 0 Å². The normalized spacial score (nSPS) is 11.7. The van der Waals surface area contributed by atoms with E-state index in [-0.39, 0.29) is 5.91 Å². The van der Waals surface area contributed by atoms with Gasteiger partial charge in [-0.15, -0.1) is 0 Å². The summed E-state index contributed by atoms with van der Waals surface area (Å²) in [5.74, 6) is 0.389. The fourth-order valence-corrected chi connectivity index (χ4v) is 2.88. The summed E-state index contributed by atoms with van der Waals surface area (Å²) in [4.78, 5) is 17.4. The minimum atomic E-state index is -0.764. The van der Waals surface area contributed by atoms with Crippen LogP contribution in [0.5, 0.6) is 5.75 Å². The first-order valence-corrected chi connectivity index (χ1v) is 8.72. The van der Waals surface area contributed by atoms with Gasteiger partial charge >= 0.3 is 0 Å². The Kier molecular flexibility index (Phi) is 4.79. The van der Waals surface area contributed by atoms with Gasteiger partial charge in [0.05, 0.1) is 17.4 Å². The number of hydrogen-bond acceptors (Lipinski definition) is 3. The average molecular weight is 354 g/mol. The van der Waals surface area contributed by atoms with Crippen molar-refractivity contribution in [2.75, 3.05) is 5.32 Å². The maximum atomic E-state index is 13.0. The second kappa shape index (κ2) is 7.70. The van der Waals surface area contributed by atoms with Crippen LogP contribution in [-0.4, -0.2) is 10.9 Å². The standard InChI is InChI=1S/C23H18N2O2/c26-23(25-19-15-18-11-7-8-14-21(18)24-16-19)22(17-9-3-1-4-10-17)27-20-12-5-2-6-13-20/h1-16,22H,(H,25,26). The van der Waals surface area contributed by atoms with Crippen molar-refractivity contribution in [2.24, 2.45) is 0 Å². The summed E-state index contributed by atoms with van der Waals surface area (Å²) in [5, 5.41) is 3.89. The van der Waals surface area contributed by atoms with Crippen molar-refractivity contribution in [2.45, 2.75) is 6.10 Å². The SMILES string of the molecule is O=C(Nc1cnc2ccccc2c1)C(Oc1ccccc1)c1ccccc1. The van der Waals surface area contributed by atoms with Crippen molar-refractivity contribution >= 4 is 22.5 Å². The van der Waals surface area contributed by atoms with Gasteiger partial charge in [0.15, 0.2) is 0 Å². The van der Waals surface area contributed by atoms with Gasteiger partial charge in [0.2, 0.25) is 6.10 Å². The van der Waals surface area contributed by atoms with Crippen molar-refractivity contribution < 1.29 is 9.53 Å². The molecule has 1 atom stereocenters. The van der Waals surface area contributed by atoms with Crippen LogP contribution in [0.15, 0.2) is 97.2 Å². The predicted molar refractivity (Wildman–Crippen MR) is 107 cm³/mol. The van der Waals surface area contributed by atoms with Crippen LogP contribution in [0.25, 0.3) is 10.9 Å². The first-order chi connectivity index (χ1) is 13.3. The van der Waals surface area contributed by atoms with E-state index in [4.69, 9.17) is 4.74 Å². The highest BCUT2D eigenvalue weighted by atomic mass is 16.5. The van der Waals surface area contributed by atoms with Gasteiger partial charge < -0.3 is 10.1 Å². The maximum absolute atomic E-state index is 13.0. The van der Waals surface area contributed by atoms with E-state index in [1.54, 1.807) is 6.20 Å². The molecular formula is C23H18N2O2. The Labute approximate surface area is 157 Å². The monoisotopic (exact) mass is 354 g/mol. The highest BCUT2D eigenvalue weighted by Gasteiger charge is 2.23. The van der Waals surface area contributed by atoms with Crippen LogP contribution in [0.2, 0.25) is 0 Å². The average Bonchev–Trinajstić information content (AvgIpc) is 2.73. The van der Waals surface area contributed by atoms with Crippen molar-refractivity contribution in [1.82, 2.24) is 4.98 Å². The van der Waals surface area contributed by atoms with Crippen LogP contribution in [0.4, 0.5) is 5.69 Å². The number of anilines is 1. The van der Waals surface area contributed by atoms with Crippen molar-refractivity contribution in [3.05, 3.63) is 103 Å². The fraction of sp³-hybridized carbons (Fsp3) is 0.0435. The fourth-order valence-electron chi connectivity index (χ4n) is 2.88. The predicted octanol–water partition coefficient (Wildman–Crippen LogP) is 4.99. The Hall–Kier alpha value is -3.66. The molecule has 4 nitrogen and oxygen atoms in total. The van der Waals surface area contributed by atoms with Gasteiger partial charge in [-0.3, -0.25) is 9.78 Å². The Morgan fingerprint density at radius 2 is 1.52 bits per heavy atom. The van der Waals surface area contributed by atoms with Crippen LogP contribution in [0.1, 0.15) is 11.7 Å². The number of nitrogens with zero attached hydrogens (tertiary/aromatic N) is 1. The number of para-hydroxylation sites is 2. The topological polar surface area (TPSA) is 51.2 Å². The highest BCUT2D eigenvalue weighted by Crippen LogP contribution is 2.24. The number of pyridine rings is 1. The lowest BCUT2D eigenvalue weighted by atomic mass is 10.1. The summed E-state index contributed by atoms with van der Waals surface area (Å²) in [6.07, 6.45) is 0.894. The minimum absolute atomic E-state index is 0.248. The molecule has 4 aromatic rings.